The number of benzene rings is 1. The zero-order valence-electron chi connectivity index (χ0n) is 25.1. The van der Waals surface area contributed by atoms with E-state index in [9.17, 15) is 19.8 Å². The van der Waals surface area contributed by atoms with Gasteiger partial charge in [0.15, 0.2) is 18.0 Å². The van der Waals surface area contributed by atoms with Crippen LogP contribution < -0.4 is 15.7 Å². The molecule has 3 N–H and O–H groups in total. The minimum atomic E-state index is -1.10. The number of morpholine rings is 1. The van der Waals surface area contributed by atoms with E-state index in [0.717, 1.165) is 25.9 Å². The van der Waals surface area contributed by atoms with Gasteiger partial charge in [-0.25, -0.2) is 4.79 Å². The normalized spacial score (nSPS) is 28.1. The summed E-state index contributed by atoms with van der Waals surface area (Å²) in [6.07, 6.45) is -1.84. The number of amides is 1. The van der Waals surface area contributed by atoms with Crippen molar-refractivity contribution in [2.24, 2.45) is 0 Å². The first kappa shape index (κ1) is 31.6. The fraction of sp³-hybridized carbons (Fsp3) is 0.667. The molecule has 1 aromatic heterocycles. The molecule has 0 bridgehead atoms. The first-order valence-corrected chi connectivity index (χ1v) is 14.8. The lowest BCUT2D eigenvalue weighted by atomic mass is 9.89. The number of carbonyl (C=O) groups excluding carboxylic acids is 1. The minimum absolute atomic E-state index is 0.0586. The Labute approximate surface area is 249 Å². The fourth-order valence-electron chi connectivity index (χ4n) is 5.89. The standard InChI is InChI=1S/C30H42N2O11/c1-17-19(40-29-25(41-20-7-5-6-14-39-20)23(34)26(37-4)30(2,3)43-29)9-8-18-22(33)21(28(36)42-24(17)18)27(35)31-10-11-32-12-15-38-16-13-32/h8-9,20,23,25-26,29,33-34H,5-7,10-16H2,1-4H3,(H,31,35)/t20?,23-,25-,26-,29-/m1/s1. The van der Waals surface area contributed by atoms with Crippen LogP contribution in [-0.2, 0) is 23.7 Å². The topological polar surface area (TPSA) is 158 Å². The Morgan fingerprint density at radius 1 is 1.19 bits per heavy atom. The van der Waals surface area contributed by atoms with Crippen LogP contribution in [0.1, 0.15) is 49.0 Å². The lowest BCUT2D eigenvalue weighted by molar-refractivity contribution is -0.339. The van der Waals surface area contributed by atoms with E-state index in [2.05, 4.69) is 10.2 Å². The van der Waals surface area contributed by atoms with Crippen molar-refractivity contribution in [1.82, 2.24) is 10.2 Å². The van der Waals surface area contributed by atoms with Gasteiger partial charge in [-0.3, -0.25) is 9.69 Å². The number of carbonyl (C=O) groups is 1. The predicted octanol–water partition coefficient (Wildman–Crippen LogP) is 1.67. The number of nitrogens with zero attached hydrogens (tertiary/aromatic N) is 1. The van der Waals surface area contributed by atoms with Gasteiger partial charge in [-0.2, -0.15) is 0 Å². The van der Waals surface area contributed by atoms with Gasteiger partial charge in [-0.05, 0) is 52.2 Å². The molecule has 13 nitrogen and oxygen atoms in total. The Balaban J connectivity index is 1.37. The van der Waals surface area contributed by atoms with Gasteiger partial charge in [-0.15, -0.1) is 0 Å². The number of ether oxygens (including phenoxy) is 6. The summed E-state index contributed by atoms with van der Waals surface area (Å²) >= 11 is 0. The predicted molar refractivity (Wildman–Crippen MR) is 153 cm³/mol. The highest BCUT2D eigenvalue weighted by Crippen LogP contribution is 2.38. The molecular weight excluding hydrogens is 564 g/mol. The monoisotopic (exact) mass is 606 g/mol. The zero-order valence-corrected chi connectivity index (χ0v) is 25.1. The van der Waals surface area contributed by atoms with Crippen molar-refractivity contribution in [3.05, 3.63) is 33.7 Å². The average Bonchev–Trinajstić information content (AvgIpc) is 2.98. The van der Waals surface area contributed by atoms with Crippen LogP contribution in [0.15, 0.2) is 21.3 Å². The summed E-state index contributed by atoms with van der Waals surface area (Å²) in [5, 5.41) is 25.1. The lowest BCUT2D eigenvalue weighted by Gasteiger charge is -2.48. The van der Waals surface area contributed by atoms with E-state index < -0.39 is 59.3 Å². The van der Waals surface area contributed by atoms with E-state index in [0.29, 0.717) is 44.9 Å². The summed E-state index contributed by atoms with van der Waals surface area (Å²) in [5.74, 6) is -0.919. The van der Waals surface area contributed by atoms with Gasteiger partial charge < -0.3 is 48.4 Å². The molecule has 1 aromatic carbocycles. The highest BCUT2D eigenvalue weighted by atomic mass is 16.7. The summed E-state index contributed by atoms with van der Waals surface area (Å²) < 4.78 is 40.9. The van der Waals surface area contributed by atoms with E-state index >= 15 is 0 Å². The molecule has 3 fully saturated rings. The van der Waals surface area contributed by atoms with Crippen molar-refractivity contribution in [3.63, 3.8) is 0 Å². The average molecular weight is 607 g/mol. The van der Waals surface area contributed by atoms with Crippen LogP contribution in [-0.4, -0.2) is 111 Å². The highest BCUT2D eigenvalue weighted by Gasteiger charge is 2.52. The molecule has 3 saturated heterocycles. The van der Waals surface area contributed by atoms with Crippen molar-refractivity contribution in [2.75, 3.05) is 53.1 Å². The molecule has 0 aliphatic carbocycles. The molecule has 0 radical (unpaired) electrons. The Morgan fingerprint density at radius 2 is 1.95 bits per heavy atom. The third kappa shape index (κ3) is 6.83. The van der Waals surface area contributed by atoms with Crippen LogP contribution in [0.3, 0.4) is 0 Å². The van der Waals surface area contributed by atoms with Gasteiger partial charge in [-0.1, -0.05) is 0 Å². The smallest absolute Gasteiger partial charge is 0.353 e. The van der Waals surface area contributed by atoms with E-state index in [1.54, 1.807) is 26.8 Å². The number of hydrogen-bond acceptors (Lipinski definition) is 12. The molecule has 238 valence electrons. The van der Waals surface area contributed by atoms with E-state index in [1.807, 2.05) is 0 Å². The van der Waals surface area contributed by atoms with Gasteiger partial charge in [0.2, 0.25) is 6.29 Å². The summed E-state index contributed by atoms with van der Waals surface area (Å²) in [6, 6.07) is 3.08. The molecule has 0 saturated carbocycles. The maximum absolute atomic E-state index is 12.9. The van der Waals surface area contributed by atoms with Crippen molar-refractivity contribution < 1.29 is 47.8 Å². The second-order valence-corrected chi connectivity index (χ2v) is 11.6. The number of aliphatic hydroxyl groups is 1. The molecular formula is C30H42N2O11. The largest absolute Gasteiger partial charge is 0.506 e. The van der Waals surface area contributed by atoms with Crippen molar-refractivity contribution >= 4 is 16.9 Å². The number of methoxy groups -OCH3 is 1. The summed E-state index contributed by atoms with van der Waals surface area (Å²) in [4.78, 5) is 27.9. The van der Waals surface area contributed by atoms with Crippen LogP contribution in [0.25, 0.3) is 11.0 Å². The zero-order chi connectivity index (χ0) is 30.7. The number of nitrogens with one attached hydrogen (secondary N) is 1. The Bertz CT molecular complexity index is 1330. The number of aliphatic hydroxyl groups excluding tert-OH is 1. The quantitative estimate of drug-likeness (QED) is 0.355. The molecule has 3 aliphatic rings. The fourth-order valence-corrected chi connectivity index (χ4v) is 5.89. The molecule has 13 heteroatoms. The van der Waals surface area contributed by atoms with E-state index in [-0.39, 0.29) is 16.7 Å². The Kier molecular flexibility index (Phi) is 9.91. The maximum Gasteiger partial charge on any atom is 0.353 e. The number of rotatable bonds is 9. The molecule has 5 rings (SSSR count). The third-order valence-corrected chi connectivity index (χ3v) is 8.26. The van der Waals surface area contributed by atoms with Crippen molar-refractivity contribution in [1.29, 1.82) is 0 Å². The van der Waals surface area contributed by atoms with Crippen LogP contribution in [0.2, 0.25) is 0 Å². The van der Waals surface area contributed by atoms with E-state index in [1.165, 1.54) is 13.2 Å². The van der Waals surface area contributed by atoms with Gasteiger partial charge >= 0.3 is 5.63 Å². The van der Waals surface area contributed by atoms with Gasteiger partial charge in [0.1, 0.15) is 29.3 Å². The van der Waals surface area contributed by atoms with Crippen LogP contribution in [0, 0.1) is 6.92 Å². The molecule has 1 amide bonds. The van der Waals surface area contributed by atoms with Gasteiger partial charge in [0.05, 0.1) is 24.2 Å². The van der Waals surface area contributed by atoms with Crippen molar-refractivity contribution in [3.8, 4) is 11.5 Å². The molecule has 4 heterocycles. The summed E-state index contributed by atoms with van der Waals surface area (Å²) in [7, 11) is 1.50. The van der Waals surface area contributed by atoms with Crippen LogP contribution >= 0.6 is 0 Å². The van der Waals surface area contributed by atoms with Gasteiger partial charge in [0.25, 0.3) is 5.91 Å². The second kappa shape index (κ2) is 13.5. The molecule has 43 heavy (non-hydrogen) atoms. The van der Waals surface area contributed by atoms with Crippen molar-refractivity contribution in [2.45, 2.75) is 76.5 Å². The summed E-state index contributed by atoms with van der Waals surface area (Å²) in [5.41, 5.74) is -1.93. The molecule has 5 atom stereocenters. The van der Waals surface area contributed by atoms with Crippen LogP contribution in [0.4, 0.5) is 0 Å². The lowest BCUT2D eigenvalue weighted by Crippen LogP contribution is -2.65. The molecule has 1 unspecified atom stereocenters. The number of hydrogen-bond donors (Lipinski definition) is 3. The van der Waals surface area contributed by atoms with Crippen LogP contribution in [0.5, 0.6) is 11.5 Å². The first-order valence-electron chi connectivity index (χ1n) is 14.8. The van der Waals surface area contributed by atoms with E-state index in [4.69, 9.17) is 32.8 Å². The number of aryl methyl sites for hydroxylation is 1. The van der Waals surface area contributed by atoms with Gasteiger partial charge in [0, 0.05) is 45.5 Å². The first-order chi connectivity index (χ1) is 20.6. The highest BCUT2D eigenvalue weighted by molar-refractivity contribution is 6.02. The SMILES string of the molecule is CO[C@@H]1[C@H](O)[C@@H](OC2CCCCO2)[C@H](Oc2ccc3c(O)c(C(=O)NCCN4CCOCC4)c(=O)oc3c2C)OC1(C)C. The number of fused-ring (bicyclic) bond motifs is 1. The Hall–Kier alpha value is -2.78. The molecule has 0 spiro atoms. The maximum atomic E-state index is 12.9. The summed E-state index contributed by atoms with van der Waals surface area (Å²) in [6.45, 7) is 9.46. The Morgan fingerprint density at radius 3 is 2.65 bits per heavy atom. The molecule has 3 aliphatic heterocycles. The number of aromatic hydroxyl groups is 1. The second-order valence-electron chi connectivity index (χ2n) is 11.6. The molecule has 2 aromatic rings. The minimum Gasteiger partial charge on any atom is -0.506 e. The third-order valence-electron chi connectivity index (χ3n) is 8.26.